The van der Waals surface area contributed by atoms with Crippen LogP contribution in [0, 0.1) is 0 Å². The van der Waals surface area contributed by atoms with Gasteiger partial charge in [-0.3, -0.25) is 10.1 Å². The number of unbranched alkanes of at least 4 members (excludes halogenated alkanes) is 1. The highest BCUT2D eigenvalue weighted by molar-refractivity contribution is 6.09. The highest BCUT2D eigenvalue weighted by atomic mass is 19.3. The molecule has 170 valence electrons. The van der Waals surface area contributed by atoms with E-state index in [0.29, 0.717) is 32.1 Å². The number of aromatic hydroxyl groups is 1. The van der Waals surface area contributed by atoms with Gasteiger partial charge in [0, 0.05) is 25.1 Å². The van der Waals surface area contributed by atoms with Crippen molar-refractivity contribution in [3.63, 3.8) is 0 Å². The van der Waals surface area contributed by atoms with Crippen LogP contribution in [0.2, 0.25) is 0 Å². The molecule has 31 heavy (non-hydrogen) atoms. The molecule has 1 rings (SSSR count). The maximum atomic E-state index is 12.5. The van der Waals surface area contributed by atoms with Gasteiger partial charge in [-0.05, 0) is 45.1 Å². The molecular weight excluding hydrogens is 412 g/mol. The molecule has 0 atom stereocenters. The minimum Gasteiger partial charge on any atom is -0.507 e. The summed E-state index contributed by atoms with van der Waals surface area (Å²) in [5.74, 6) is -0.961. The molecule has 3 N–H and O–H groups in total. The zero-order chi connectivity index (χ0) is 23.4. The zero-order valence-corrected chi connectivity index (χ0v) is 17.5. The van der Waals surface area contributed by atoms with Crippen LogP contribution in [0.15, 0.2) is 50.9 Å². The summed E-state index contributed by atoms with van der Waals surface area (Å²) in [6, 6.07) is 1.21. The number of carboxylic acid groups (broad SMARTS) is 1. The van der Waals surface area contributed by atoms with Gasteiger partial charge >= 0.3 is 11.7 Å². The van der Waals surface area contributed by atoms with Gasteiger partial charge in [0.15, 0.2) is 5.78 Å². The largest absolute Gasteiger partial charge is 0.507 e. The van der Waals surface area contributed by atoms with Gasteiger partial charge < -0.3 is 14.6 Å². The minimum atomic E-state index is -2.35. The lowest BCUT2D eigenvalue weighted by Gasteiger charge is -2.05. The van der Waals surface area contributed by atoms with Gasteiger partial charge in [-0.2, -0.15) is 0 Å². The Bertz CT molecular complexity index is 915. The van der Waals surface area contributed by atoms with Crippen LogP contribution in [-0.2, 0) is 6.42 Å². The molecule has 0 aliphatic heterocycles. The van der Waals surface area contributed by atoms with Gasteiger partial charge in [-0.1, -0.05) is 23.8 Å². The fraction of sp³-hybridized carbons (Fsp3) is 0.409. The number of nitrogens with one attached hydrogen (secondary N) is 1. The summed E-state index contributed by atoms with van der Waals surface area (Å²) >= 11 is 0. The molecule has 7 nitrogen and oxygen atoms in total. The summed E-state index contributed by atoms with van der Waals surface area (Å²) in [7, 11) is 0. The molecule has 0 aliphatic carbocycles. The predicted octanol–water partition coefficient (Wildman–Crippen LogP) is 4.96. The van der Waals surface area contributed by atoms with Crippen LogP contribution in [0.25, 0.3) is 0 Å². The van der Waals surface area contributed by atoms with Crippen molar-refractivity contribution in [1.29, 1.82) is 0 Å². The highest BCUT2D eigenvalue weighted by Gasteiger charge is 2.20. The number of hydrogen-bond acceptors (Lipinski definition) is 5. The van der Waals surface area contributed by atoms with Crippen LogP contribution in [0.3, 0.4) is 0 Å². The number of rotatable bonds is 12. The smallest absolute Gasteiger partial charge is 0.408 e. The fourth-order valence-electron chi connectivity index (χ4n) is 2.63. The molecule has 1 heterocycles. The summed E-state index contributed by atoms with van der Waals surface area (Å²) in [6.07, 6.45) is 4.42. The summed E-state index contributed by atoms with van der Waals surface area (Å²) in [6.45, 7) is 3.24. The van der Waals surface area contributed by atoms with Crippen molar-refractivity contribution in [1.82, 2.24) is 5.32 Å². The normalized spacial score (nSPS) is 12.5. The van der Waals surface area contributed by atoms with Crippen molar-refractivity contribution < 1.29 is 33.0 Å². The van der Waals surface area contributed by atoms with Gasteiger partial charge in [0.2, 0.25) is 6.43 Å². The Hall–Kier alpha value is -3.23. The average Bonchev–Trinajstić information content (AvgIpc) is 2.67. The zero-order valence-electron chi connectivity index (χ0n) is 17.5. The van der Waals surface area contributed by atoms with Gasteiger partial charge in [-0.15, -0.1) is 0 Å². The van der Waals surface area contributed by atoms with Crippen molar-refractivity contribution in [2.24, 2.45) is 0 Å². The molecule has 0 aromatic carbocycles. The predicted molar refractivity (Wildman–Crippen MR) is 112 cm³/mol. The van der Waals surface area contributed by atoms with Crippen LogP contribution in [0.5, 0.6) is 5.75 Å². The van der Waals surface area contributed by atoms with Gasteiger partial charge in [0.25, 0.3) is 0 Å². The first-order valence-corrected chi connectivity index (χ1v) is 9.79. The van der Waals surface area contributed by atoms with E-state index in [1.165, 1.54) is 25.3 Å². The van der Waals surface area contributed by atoms with Crippen molar-refractivity contribution in [3.05, 3.63) is 63.4 Å². The van der Waals surface area contributed by atoms with Crippen LogP contribution in [-0.4, -0.2) is 28.5 Å². The Morgan fingerprint density at radius 2 is 1.94 bits per heavy atom. The van der Waals surface area contributed by atoms with Crippen molar-refractivity contribution in [2.45, 2.75) is 58.8 Å². The summed E-state index contributed by atoms with van der Waals surface area (Å²) in [4.78, 5) is 35.0. The van der Waals surface area contributed by atoms with E-state index in [9.17, 15) is 28.3 Å². The van der Waals surface area contributed by atoms with E-state index in [0.717, 1.165) is 5.57 Å². The summed E-state index contributed by atoms with van der Waals surface area (Å²) in [5.41, 5.74) is -0.410. The van der Waals surface area contributed by atoms with Gasteiger partial charge in [0.05, 0.1) is 0 Å². The third kappa shape index (κ3) is 9.88. The van der Waals surface area contributed by atoms with Crippen molar-refractivity contribution in [2.75, 3.05) is 0 Å². The lowest BCUT2D eigenvalue weighted by Crippen LogP contribution is -2.16. The Balaban J connectivity index is 2.77. The van der Waals surface area contributed by atoms with E-state index in [-0.39, 0.29) is 17.8 Å². The lowest BCUT2D eigenvalue weighted by atomic mass is 10.0. The van der Waals surface area contributed by atoms with E-state index >= 15 is 0 Å². The number of carbonyl (C=O) groups excluding carboxylic acids is 1. The van der Waals surface area contributed by atoms with E-state index in [1.54, 1.807) is 19.1 Å². The molecule has 0 bridgehead atoms. The fourth-order valence-corrected chi connectivity index (χ4v) is 2.63. The maximum Gasteiger partial charge on any atom is 0.408 e. The molecular formula is C22H27F2NO6. The van der Waals surface area contributed by atoms with E-state index in [4.69, 9.17) is 9.52 Å². The first-order chi connectivity index (χ1) is 14.6. The second kappa shape index (κ2) is 13.1. The molecule has 1 aromatic heterocycles. The Morgan fingerprint density at radius 1 is 1.23 bits per heavy atom. The number of halogens is 2. The molecule has 1 amide bonds. The molecule has 1 aromatic rings. The molecule has 0 radical (unpaired) electrons. The molecule has 0 saturated carbocycles. The maximum absolute atomic E-state index is 12.5. The van der Waals surface area contributed by atoms with Crippen LogP contribution < -0.4 is 10.9 Å². The van der Waals surface area contributed by atoms with Crippen LogP contribution >= 0.6 is 0 Å². The number of amides is 1. The molecule has 0 spiro atoms. The number of aryl methyl sites for hydroxylation is 1. The topological polar surface area (TPSA) is 117 Å². The monoisotopic (exact) mass is 439 g/mol. The van der Waals surface area contributed by atoms with Gasteiger partial charge in [-0.25, -0.2) is 18.4 Å². The standard InChI is InChI=1S/C22H27F2NO6/c1-14(7-6-9-18(23)24)10-11-15(2)20(27)19-17(26)13-16(31-21(19)28)8-4-3-5-12-25-22(29)30/h5,10-13,18,25-26H,3-4,6-9H2,1-2H3,(H,29,30). The van der Waals surface area contributed by atoms with E-state index in [2.05, 4.69) is 5.32 Å². The summed E-state index contributed by atoms with van der Waals surface area (Å²) in [5, 5.41) is 20.7. The second-order valence-corrected chi connectivity index (χ2v) is 6.98. The Kier molecular flexibility index (Phi) is 10.9. The quantitative estimate of drug-likeness (QED) is 0.183. The number of carbonyl (C=O) groups is 2. The Morgan fingerprint density at radius 3 is 2.55 bits per heavy atom. The lowest BCUT2D eigenvalue weighted by molar-refractivity contribution is 0.102. The molecule has 0 aliphatic rings. The number of allylic oxidation sites excluding steroid dienone is 5. The number of hydrogen-bond donors (Lipinski definition) is 3. The Labute approximate surface area is 178 Å². The first-order valence-electron chi connectivity index (χ1n) is 9.79. The van der Waals surface area contributed by atoms with Crippen molar-refractivity contribution >= 4 is 11.9 Å². The first kappa shape index (κ1) is 25.8. The third-order valence-corrected chi connectivity index (χ3v) is 4.30. The summed E-state index contributed by atoms with van der Waals surface area (Å²) < 4.78 is 29.5. The number of Topliss-reactive ketones (excluding diaryl/α,β-unsaturated/α-hetero) is 1. The van der Waals surface area contributed by atoms with Crippen LogP contribution in [0.1, 0.15) is 62.1 Å². The highest BCUT2D eigenvalue weighted by Crippen LogP contribution is 2.20. The van der Waals surface area contributed by atoms with Crippen molar-refractivity contribution in [3.8, 4) is 5.75 Å². The minimum absolute atomic E-state index is 0.191. The second-order valence-electron chi connectivity index (χ2n) is 6.98. The molecule has 0 unspecified atom stereocenters. The number of ketones is 1. The average molecular weight is 439 g/mol. The van der Waals surface area contributed by atoms with Gasteiger partial charge in [0.1, 0.15) is 17.1 Å². The molecule has 0 fully saturated rings. The SMILES string of the molecule is CC(=CC=C(C)C(=O)c1c(O)cc(CCCC=CNC(=O)O)oc1=O)CCCC(F)F. The molecule has 9 heteroatoms. The van der Waals surface area contributed by atoms with E-state index in [1.807, 2.05) is 0 Å². The molecule has 0 saturated heterocycles. The van der Waals surface area contributed by atoms with Crippen LogP contribution in [0.4, 0.5) is 13.6 Å². The third-order valence-electron chi connectivity index (χ3n) is 4.30. The van der Waals surface area contributed by atoms with E-state index < -0.39 is 35.2 Å². The number of alkyl halides is 2.